The van der Waals surface area contributed by atoms with Crippen molar-refractivity contribution >= 4 is 21.6 Å². The average Bonchev–Trinajstić information content (AvgIpc) is 2.92. The third kappa shape index (κ3) is 6.98. The van der Waals surface area contributed by atoms with Crippen LogP contribution in [0.5, 0.6) is 0 Å². The monoisotopic (exact) mass is 508 g/mol. The average molecular weight is 509 g/mol. The van der Waals surface area contributed by atoms with E-state index in [9.17, 15) is 13.2 Å². The second-order valence-electron chi connectivity index (χ2n) is 8.80. The molecule has 1 saturated heterocycles. The fourth-order valence-electron chi connectivity index (χ4n) is 4.17. The second kappa shape index (κ2) is 12.2. The van der Waals surface area contributed by atoms with Gasteiger partial charge in [-0.15, -0.1) is 0 Å². The highest BCUT2D eigenvalue weighted by atomic mass is 32.2. The number of morpholine rings is 1. The predicted molar refractivity (Wildman–Crippen MR) is 140 cm³/mol. The largest absolute Gasteiger partial charge is 0.379 e. The number of carbonyl (C=O) groups is 1. The molecule has 9 heteroatoms. The third-order valence-corrected chi connectivity index (χ3v) is 7.65. The van der Waals surface area contributed by atoms with Gasteiger partial charge in [-0.2, -0.15) is 0 Å². The molecule has 0 bridgehead atoms. The fourth-order valence-corrected chi connectivity index (χ4v) is 5.31. The topological polar surface area (TPSA) is 91.8 Å². The summed E-state index contributed by atoms with van der Waals surface area (Å²) in [5.41, 5.74) is 3.11. The lowest BCUT2D eigenvalue weighted by Crippen LogP contribution is -2.38. The molecule has 0 saturated carbocycles. The molecule has 1 aliphatic heterocycles. The summed E-state index contributed by atoms with van der Waals surface area (Å²) in [4.78, 5) is 21.1. The van der Waals surface area contributed by atoms with Gasteiger partial charge in [-0.25, -0.2) is 13.1 Å². The maximum absolute atomic E-state index is 13.0. The van der Waals surface area contributed by atoms with Crippen molar-refractivity contribution in [3.05, 3.63) is 89.7 Å². The molecule has 36 heavy (non-hydrogen) atoms. The summed E-state index contributed by atoms with van der Waals surface area (Å²) in [6.45, 7) is 4.48. The summed E-state index contributed by atoms with van der Waals surface area (Å²) in [5, 5.41) is 0. The number of nitrogens with one attached hydrogen (secondary N) is 1. The Hall–Kier alpha value is -3.11. The molecule has 0 aliphatic carbocycles. The van der Waals surface area contributed by atoms with Crippen LogP contribution in [0.4, 0.5) is 5.69 Å². The Morgan fingerprint density at radius 1 is 1.03 bits per heavy atom. The smallest absolute Gasteiger partial charge is 0.258 e. The van der Waals surface area contributed by atoms with Gasteiger partial charge in [0.1, 0.15) is 0 Å². The van der Waals surface area contributed by atoms with Gasteiger partial charge >= 0.3 is 0 Å². The van der Waals surface area contributed by atoms with Crippen LogP contribution >= 0.6 is 0 Å². The minimum atomic E-state index is -3.60. The quantitative estimate of drug-likeness (QED) is 0.424. The summed E-state index contributed by atoms with van der Waals surface area (Å²) in [6, 6.07) is 17.9. The third-order valence-electron chi connectivity index (χ3n) is 6.19. The number of pyridine rings is 1. The summed E-state index contributed by atoms with van der Waals surface area (Å²) >= 11 is 0. The van der Waals surface area contributed by atoms with Gasteiger partial charge in [0.25, 0.3) is 5.91 Å². The molecular formula is C27H32N4O4S. The SMILES string of the molecule is CN(C(=O)c1cccc(Cc2cccc(S(=O)(=O)NCCCN3CCOCC3)c2)c1)c1ccncc1. The fraction of sp³-hybridized carbons (Fsp3) is 0.333. The number of anilines is 1. The number of carbonyl (C=O) groups excluding carboxylic acids is 1. The van der Waals surface area contributed by atoms with Crippen molar-refractivity contribution in [3.8, 4) is 0 Å². The number of rotatable bonds is 10. The number of aromatic nitrogens is 1. The van der Waals surface area contributed by atoms with Crippen molar-refractivity contribution in [1.29, 1.82) is 0 Å². The van der Waals surface area contributed by atoms with Crippen LogP contribution in [0.3, 0.4) is 0 Å². The standard InChI is InChI=1S/C27H32N4O4S/c1-30(25-9-12-28-13-10-25)27(32)24-7-2-5-22(20-24)19-23-6-3-8-26(21-23)36(33,34)29-11-4-14-31-15-17-35-18-16-31/h2-3,5-10,12-13,20-21,29H,4,11,14-19H2,1H3. The normalized spacial score (nSPS) is 14.5. The van der Waals surface area contributed by atoms with Crippen molar-refractivity contribution in [2.75, 3.05) is 51.3 Å². The van der Waals surface area contributed by atoms with Gasteiger partial charge in [0.05, 0.1) is 18.1 Å². The molecule has 1 aliphatic rings. The maximum atomic E-state index is 13.0. The van der Waals surface area contributed by atoms with E-state index in [0.717, 1.165) is 56.1 Å². The van der Waals surface area contributed by atoms with Crippen LogP contribution in [0, 0.1) is 0 Å². The van der Waals surface area contributed by atoms with E-state index in [0.29, 0.717) is 18.5 Å². The molecule has 1 fully saturated rings. The van der Waals surface area contributed by atoms with Gasteiger partial charge in [-0.1, -0.05) is 24.3 Å². The number of benzene rings is 2. The lowest BCUT2D eigenvalue weighted by molar-refractivity contribution is 0.0376. The van der Waals surface area contributed by atoms with Crippen LogP contribution in [0.15, 0.2) is 78.0 Å². The number of hydrogen-bond donors (Lipinski definition) is 1. The molecule has 8 nitrogen and oxygen atoms in total. The lowest BCUT2D eigenvalue weighted by Gasteiger charge is -2.26. The Morgan fingerprint density at radius 3 is 2.47 bits per heavy atom. The minimum absolute atomic E-state index is 0.124. The van der Waals surface area contributed by atoms with Crippen LogP contribution in [0.1, 0.15) is 27.9 Å². The number of amides is 1. The number of hydrogen-bond acceptors (Lipinski definition) is 6. The van der Waals surface area contributed by atoms with E-state index in [1.165, 1.54) is 0 Å². The molecule has 1 amide bonds. The van der Waals surface area contributed by atoms with Crippen molar-refractivity contribution in [2.24, 2.45) is 0 Å². The van der Waals surface area contributed by atoms with Crippen LogP contribution < -0.4 is 9.62 Å². The van der Waals surface area contributed by atoms with Crippen molar-refractivity contribution in [1.82, 2.24) is 14.6 Å². The Bertz CT molecular complexity index is 1260. The number of nitrogens with zero attached hydrogens (tertiary/aromatic N) is 3. The van der Waals surface area contributed by atoms with E-state index in [1.807, 2.05) is 24.3 Å². The first-order valence-electron chi connectivity index (χ1n) is 12.1. The summed E-state index contributed by atoms with van der Waals surface area (Å²) in [6.07, 6.45) is 4.55. The van der Waals surface area contributed by atoms with Crippen LogP contribution in [-0.4, -0.2) is 70.6 Å². The van der Waals surface area contributed by atoms with E-state index >= 15 is 0 Å². The summed E-state index contributed by atoms with van der Waals surface area (Å²) in [7, 11) is -1.87. The zero-order valence-corrected chi connectivity index (χ0v) is 21.3. The Kier molecular flexibility index (Phi) is 8.82. The van der Waals surface area contributed by atoms with Crippen LogP contribution in [0.2, 0.25) is 0 Å². The molecule has 0 unspecified atom stereocenters. The minimum Gasteiger partial charge on any atom is -0.379 e. The van der Waals surface area contributed by atoms with Gasteiger partial charge in [0, 0.05) is 50.3 Å². The molecule has 2 aromatic carbocycles. The molecule has 1 N–H and O–H groups in total. The first-order chi connectivity index (χ1) is 17.4. The van der Waals surface area contributed by atoms with E-state index < -0.39 is 10.0 Å². The maximum Gasteiger partial charge on any atom is 0.258 e. The van der Waals surface area contributed by atoms with E-state index in [4.69, 9.17) is 4.74 Å². The first-order valence-corrected chi connectivity index (χ1v) is 13.6. The van der Waals surface area contributed by atoms with Gasteiger partial charge in [-0.05, 0) is 66.9 Å². The molecule has 190 valence electrons. The van der Waals surface area contributed by atoms with Crippen molar-refractivity contribution < 1.29 is 17.9 Å². The van der Waals surface area contributed by atoms with Gasteiger partial charge in [0.15, 0.2) is 0 Å². The zero-order chi connectivity index (χ0) is 25.4. The number of sulfonamides is 1. The highest BCUT2D eigenvalue weighted by molar-refractivity contribution is 7.89. The predicted octanol–water partition coefficient (Wildman–Crippen LogP) is 2.95. The van der Waals surface area contributed by atoms with Crippen molar-refractivity contribution in [3.63, 3.8) is 0 Å². The molecule has 3 aromatic rings. The highest BCUT2D eigenvalue weighted by Crippen LogP contribution is 2.18. The lowest BCUT2D eigenvalue weighted by atomic mass is 10.0. The highest BCUT2D eigenvalue weighted by Gasteiger charge is 2.16. The van der Waals surface area contributed by atoms with Gasteiger partial charge < -0.3 is 9.64 Å². The van der Waals surface area contributed by atoms with Crippen LogP contribution in [-0.2, 0) is 21.2 Å². The van der Waals surface area contributed by atoms with Crippen molar-refractivity contribution in [2.45, 2.75) is 17.7 Å². The Labute approximate surface area is 213 Å². The van der Waals surface area contributed by atoms with E-state index in [1.54, 1.807) is 60.7 Å². The molecule has 2 heterocycles. The van der Waals surface area contributed by atoms with Crippen LogP contribution in [0.25, 0.3) is 0 Å². The zero-order valence-electron chi connectivity index (χ0n) is 20.5. The Morgan fingerprint density at radius 2 is 1.72 bits per heavy atom. The molecular weight excluding hydrogens is 476 g/mol. The second-order valence-corrected chi connectivity index (χ2v) is 10.6. The summed E-state index contributed by atoms with van der Waals surface area (Å²) < 4.78 is 33.7. The van der Waals surface area contributed by atoms with E-state index in [2.05, 4.69) is 14.6 Å². The Balaban J connectivity index is 1.37. The number of ether oxygens (including phenoxy) is 1. The molecule has 4 rings (SSSR count). The molecule has 0 spiro atoms. The van der Waals surface area contributed by atoms with Gasteiger partial charge in [0.2, 0.25) is 10.0 Å². The summed E-state index contributed by atoms with van der Waals surface area (Å²) in [5.74, 6) is -0.124. The molecule has 0 radical (unpaired) electrons. The first kappa shape index (κ1) is 26.0. The van der Waals surface area contributed by atoms with E-state index in [-0.39, 0.29) is 10.8 Å². The van der Waals surface area contributed by atoms with Gasteiger partial charge in [-0.3, -0.25) is 14.7 Å². The molecule has 0 atom stereocenters. The molecule has 1 aromatic heterocycles.